The maximum absolute atomic E-state index is 2.48. The first-order chi connectivity index (χ1) is 31.3. The minimum absolute atomic E-state index is 0.474. The fourth-order valence-corrected chi connectivity index (χ4v) is 10.4. The van der Waals surface area contributed by atoms with E-state index in [-0.39, 0.29) is 0 Å². The molecule has 0 bridgehead atoms. The third kappa shape index (κ3) is 5.87. The van der Waals surface area contributed by atoms with Gasteiger partial charge in [-0.15, -0.1) is 0 Å². The second-order valence-corrected chi connectivity index (χ2v) is 16.4. The maximum atomic E-state index is 2.48. The molecule has 1 atom stereocenters. The zero-order valence-electron chi connectivity index (χ0n) is 34.6. The molecule has 0 fully saturated rings. The lowest BCUT2D eigenvalue weighted by atomic mass is 9.70. The van der Waals surface area contributed by atoms with Crippen LogP contribution >= 0.6 is 0 Å². The molecule has 0 aromatic heterocycles. The van der Waals surface area contributed by atoms with Crippen LogP contribution in [0.2, 0.25) is 0 Å². The molecule has 0 N–H and O–H groups in total. The van der Waals surface area contributed by atoms with Crippen molar-refractivity contribution in [3.05, 3.63) is 277 Å². The SMILES string of the molecule is c1ccc(N(c2ccccc2)c2ccc(-c3ccc4c(c3)C3(c5ccccc5-4)c4ccccc4-c4c(-c5ccc(N(c6ccccc6)c6ccccc6)cc5)cccc43)cc2)cc1. The molecule has 2 heteroatoms. The van der Waals surface area contributed by atoms with Crippen molar-refractivity contribution in [3.8, 4) is 44.5 Å². The first-order valence-electron chi connectivity index (χ1n) is 21.8. The van der Waals surface area contributed by atoms with Crippen LogP contribution in [0.3, 0.4) is 0 Å². The minimum Gasteiger partial charge on any atom is -0.311 e. The first kappa shape index (κ1) is 36.6. The van der Waals surface area contributed by atoms with E-state index >= 15 is 0 Å². The number of nitrogens with zero attached hydrogens (tertiary/aromatic N) is 2. The average molecular weight is 803 g/mol. The molecule has 2 aliphatic carbocycles. The lowest BCUT2D eigenvalue weighted by Crippen LogP contribution is -2.25. The molecular weight excluding hydrogens is 761 g/mol. The molecule has 63 heavy (non-hydrogen) atoms. The summed E-state index contributed by atoms with van der Waals surface area (Å²) in [7, 11) is 0. The Morgan fingerprint density at radius 2 is 0.587 bits per heavy atom. The molecule has 2 aliphatic rings. The quantitative estimate of drug-likeness (QED) is 0.151. The normalized spacial score (nSPS) is 14.1. The van der Waals surface area contributed by atoms with Crippen molar-refractivity contribution in [2.75, 3.05) is 9.80 Å². The van der Waals surface area contributed by atoms with Crippen LogP contribution in [0.15, 0.2) is 255 Å². The summed E-state index contributed by atoms with van der Waals surface area (Å²) < 4.78 is 0. The van der Waals surface area contributed by atoms with E-state index < -0.39 is 5.41 Å². The van der Waals surface area contributed by atoms with Crippen LogP contribution in [0.25, 0.3) is 44.5 Å². The van der Waals surface area contributed by atoms with E-state index in [0.29, 0.717) is 0 Å². The van der Waals surface area contributed by atoms with Gasteiger partial charge in [-0.3, -0.25) is 0 Å². The van der Waals surface area contributed by atoms with Crippen LogP contribution in [-0.2, 0) is 5.41 Å². The standard InChI is InChI=1S/C61H42N2/c1-5-18-46(19-6-1)62(47-20-7-2-8-21-47)50-37-32-43(33-38-50)45-36-41-54-53-26-13-15-29-56(53)61(59(54)42-45)57-30-16-14-27-55(57)60-52(28-17-31-58(60)61)44-34-39-51(40-35-44)63(48-22-9-3-10-23-48)49-24-11-4-12-25-49/h1-42H. The lowest BCUT2D eigenvalue weighted by Gasteiger charge is -2.31. The van der Waals surface area contributed by atoms with E-state index in [0.717, 1.165) is 34.1 Å². The Morgan fingerprint density at radius 3 is 1.11 bits per heavy atom. The highest BCUT2D eigenvalue weighted by molar-refractivity contribution is 6.00. The van der Waals surface area contributed by atoms with E-state index in [1.165, 1.54) is 66.8 Å². The molecule has 1 spiro atoms. The zero-order chi connectivity index (χ0) is 41.7. The molecule has 10 aromatic carbocycles. The van der Waals surface area contributed by atoms with Crippen LogP contribution in [-0.4, -0.2) is 0 Å². The van der Waals surface area contributed by atoms with Crippen LogP contribution < -0.4 is 9.80 Å². The molecule has 296 valence electrons. The molecular formula is C61H42N2. The summed E-state index contributed by atoms with van der Waals surface area (Å²) >= 11 is 0. The van der Waals surface area contributed by atoms with E-state index in [4.69, 9.17) is 0 Å². The number of rotatable bonds is 8. The summed E-state index contributed by atoms with van der Waals surface area (Å²) in [5.41, 5.74) is 21.7. The zero-order valence-corrected chi connectivity index (χ0v) is 34.6. The van der Waals surface area contributed by atoms with Gasteiger partial charge in [-0.2, -0.15) is 0 Å². The van der Waals surface area contributed by atoms with Gasteiger partial charge in [0.2, 0.25) is 0 Å². The minimum atomic E-state index is -0.474. The molecule has 10 aromatic rings. The summed E-state index contributed by atoms with van der Waals surface area (Å²) in [4.78, 5) is 4.64. The van der Waals surface area contributed by atoms with Gasteiger partial charge in [0, 0.05) is 34.1 Å². The molecule has 1 unspecified atom stereocenters. The molecule has 0 aliphatic heterocycles. The van der Waals surface area contributed by atoms with Crippen molar-refractivity contribution in [1.29, 1.82) is 0 Å². The van der Waals surface area contributed by atoms with Crippen molar-refractivity contribution < 1.29 is 0 Å². The Labute approximate surface area is 369 Å². The molecule has 0 radical (unpaired) electrons. The maximum Gasteiger partial charge on any atom is 0.0725 e. The molecule has 0 saturated carbocycles. The van der Waals surface area contributed by atoms with E-state index in [2.05, 4.69) is 265 Å². The smallest absolute Gasteiger partial charge is 0.0725 e. The third-order valence-electron chi connectivity index (χ3n) is 13.1. The largest absolute Gasteiger partial charge is 0.311 e. The summed E-state index contributed by atoms with van der Waals surface area (Å²) in [6.07, 6.45) is 0. The Morgan fingerprint density at radius 1 is 0.222 bits per heavy atom. The summed E-state index contributed by atoms with van der Waals surface area (Å²) in [5, 5.41) is 0. The van der Waals surface area contributed by atoms with Gasteiger partial charge in [-0.25, -0.2) is 0 Å². The van der Waals surface area contributed by atoms with Crippen molar-refractivity contribution in [2.45, 2.75) is 5.41 Å². The summed E-state index contributed by atoms with van der Waals surface area (Å²) in [6.45, 7) is 0. The van der Waals surface area contributed by atoms with E-state index in [9.17, 15) is 0 Å². The van der Waals surface area contributed by atoms with Gasteiger partial charge in [0.25, 0.3) is 0 Å². The number of benzene rings is 10. The Kier molecular flexibility index (Phi) is 8.76. The monoisotopic (exact) mass is 802 g/mol. The number of anilines is 6. The first-order valence-corrected chi connectivity index (χ1v) is 21.8. The van der Waals surface area contributed by atoms with Crippen LogP contribution in [0.5, 0.6) is 0 Å². The second kappa shape index (κ2) is 15.1. The lowest BCUT2D eigenvalue weighted by molar-refractivity contribution is 0.794. The molecule has 0 amide bonds. The number of hydrogen-bond acceptors (Lipinski definition) is 2. The number of fused-ring (bicyclic) bond motifs is 10. The van der Waals surface area contributed by atoms with Gasteiger partial charge in [0.05, 0.1) is 5.41 Å². The van der Waals surface area contributed by atoms with E-state index in [1.807, 2.05) is 0 Å². The summed E-state index contributed by atoms with van der Waals surface area (Å²) in [6, 6.07) is 93.0. The third-order valence-corrected chi connectivity index (χ3v) is 13.1. The highest BCUT2D eigenvalue weighted by Gasteiger charge is 2.52. The topological polar surface area (TPSA) is 6.48 Å². The van der Waals surface area contributed by atoms with Gasteiger partial charge >= 0.3 is 0 Å². The molecule has 2 nitrogen and oxygen atoms in total. The van der Waals surface area contributed by atoms with E-state index in [1.54, 1.807) is 0 Å². The van der Waals surface area contributed by atoms with Gasteiger partial charge < -0.3 is 9.80 Å². The van der Waals surface area contributed by atoms with Crippen molar-refractivity contribution in [2.24, 2.45) is 0 Å². The highest BCUT2D eigenvalue weighted by atomic mass is 15.1. The fraction of sp³-hybridized carbons (Fsp3) is 0.0164. The van der Waals surface area contributed by atoms with Gasteiger partial charge in [-0.1, -0.05) is 176 Å². The molecule has 0 saturated heterocycles. The number of hydrogen-bond donors (Lipinski definition) is 0. The van der Waals surface area contributed by atoms with Crippen LogP contribution in [0.4, 0.5) is 34.1 Å². The Balaban J connectivity index is 0.985. The predicted molar refractivity (Wildman–Crippen MR) is 263 cm³/mol. The molecule has 0 heterocycles. The Bertz CT molecular complexity index is 3170. The van der Waals surface area contributed by atoms with Gasteiger partial charge in [-0.05, 0) is 146 Å². The Hall–Kier alpha value is -8.20. The molecule has 12 rings (SSSR count). The summed E-state index contributed by atoms with van der Waals surface area (Å²) in [5.74, 6) is 0. The van der Waals surface area contributed by atoms with Crippen LogP contribution in [0, 0.1) is 0 Å². The average Bonchev–Trinajstić information content (AvgIpc) is 3.83. The van der Waals surface area contributed by atoms with Gasteiger partial charge in [0.1, 0.15) is 0 Å². The van der Waals surface area contributed by atoms with Crippen LogP contribution in [0.1, 0.15) is 22.3 Å². The number of para-hydroxylation sites is 4. The predicted octanol–water partition coefficient (Wildman–Crippen LogP) is 16.3. The van der Waals surface area contributed by atoms with Crippen molar-refractivity contribution in [1.82, 2.24) is 0 Å². The highest BCUT2D eigenvalue weighted by Crippen LogP contribution is 2.64. The van der Waals surface area contributed by atoms with Crippen molar-refractivity contribution >= 4 is 34.1 Å². The second-order valence-electron chi connectivity index (χ2n) is 16.4. The fourth-order valence-electron chi connectivity index (χ4n) is 10.4. The van der Waals surface area contributed by atoms with Crippen molar-refractivity contribution in [3.63, 3.8) is 0 Å². The van der Waals surface area contributed by atoms with Gasteiger partial charge in [0.15, 0.2) is 0 Å².